The summed E-state index contributed by atoms with van der Waals surface area (Å²) in [5.74, 6) is -2.95. The minimum atomic E-state index is -5.00. The molecule has 1 aromatic rings. The van der Waals surface area contributed by atoms with E-state index in [0.29, 0.717) is 18.0 Å². The van der Waals surface area contributed by atoms with Crippen LogP contribution in [0.3, 0.4) is 0 Å². The summed E-state index contributed by atoms with van der Waals surface area (Å²) < 4.78 is 44.3. The van der Waals surface area contributed by atoms with E-state index in [1.165, 1.54) is 0 Å². The molecule has 4 atom stereocenters. The number of ether oxygens (including phenoxy) is 2. The van der Waals surface area contributed by atoms with Crippen LogP contribution in [0.2, 0.25) is 5.02 Å². The van der Waals surface area contributed by atoms with Gasteiger partial charge in [-0.3, -0.25) is 18.9 Å². The van der Waals surface area contributed by atoms with E-state index < -0.39 is 56.9 Å². The van der Waals surface area contributed by atoms with Crippen LogP contribution in [-0.4, -0.2) is 67.5 Å². The average molecular weight is 604 g/mol. The molecule has 1 aliphatic heterocycles. The highest BCUT2D eigenvalue weighted by Gasteiger charge is 2.41. The van der Waals surface area contributed by atoms with E-state index in [2.05, 4.69) is 16.0 Å². The molecule has 0 bridgehead atoms. The molecule has 0 unspecified atom stereocenters. The molecule has 1 aliphatic rings. The first kappa shape index (κ1) is 33.3. The first-order valence-electron chi connectivity index (χ1n) is 12.9. The summed E-state index contributed by atoms with van der Waals surface area (Å²) in [4.78, 5) is 49.9. The quantitative estimate of drug-likeness (QED) is 0.195. The molecule has 0 aliphatic carbocycles. The summed E-state index contributed by atoms with van der Waals surface area (Å²) in [6, 6.07) is 4.48. The van der Waals surface area contributed by atoms with Gasteiger partial charge in [0.25, 0.3) is 0 Å². The highest BCUT2D eigenvalue weighted by molar-refractivity contribution is 7.86. The van der Waals surface area contributed by atoms with Gasteiger partial charge in [-0.1, -0.05) is 51.4 Å². The molecule has 0 radical (unpaired) electrons. The maximum Gasteiger partial charge on any atom is 0.407 e. The number of halogens is 1. The van der Waals surface area contributed by atoms with Gasteiger partial charge in [-0.15, -0.1) is 0 Å². The Kier molecular flexibility index (Phi) is 11.8. The highest BCUT2D eigenvalue weighted by Crippen LogP contribution is 2.26. The number of rotatable bonds is 13. The van der Waals surface area contributed by atoms with Crippen LogP contribution in [0.25, 0.3) is 0 Å². The number of hydrogen-bond donors (Lipinski definition) is 4. The summed E-state index contributed by atoms with van der Waals surface area (Å²) in [6.07, 6.45) is -0.610. The number of alkyl carbamates (subject to hydrolysis) is 1. The third-order valence-electron chi connectivity index (χ3n) is 6.42. The summed E-state index contributed by atoms with van der Waals surface area (Å²) in [5.41, 5.74) is -1.92. The van der Waals surface area contributed by atoms with Crippen molar-refractivity contribution in [2.45, 2.75) is 76.8 Å². The highest BCUT2D eigenvalue weighted by atomic mass is 35.5. The van der Waals surface area contributed by atoms with Crippen molar-refractivity contribution in [3.05, 3.63) is 34.9 Å². The van der Waals surface area contributed by atoms with Gasteiger partial charge in [-0.05, 0) is 42.9 Å². The normalized spacial score (nSPS) is 17.9. The monoisotopic (exact) mass is 603 g/mol. The van der Waals surface area contributed by atoms with Crippen LogP contribution in [0.1, 0.15) is 59.4 Å². The minimum absolute atomic E-state index is 0.0358. The lowest BCUT2D eigenvalue weighted by molar-refractivity contribution is -0.145. The second kappa shape index (κ2) is 14.1. The topological polar surface area (TPSA) is 177 Å². The summed E-state index contributed by atoms with van der Waals surface area (Å²) in [5, 5.41) is 8.13. The molecule has 14 heteroatoms. The fourth-order valence-corrected chi connectivity index (χ4v) is 5.38. The molecule has 3 amide bonds. The standard InChI is InChI=1S/C26H38ClN3O9S/c1-15(2)11-20(30-25(34)38-14-26(4,5)18-7-6-8-19(27)13-18)23(33)29-21(12-17-9-10-28-22(17)32)24(39-16(3)31)40(35,36)37/h6-8,13,15,17,20-21,24H,9-12,14H2,1-5H3,(H,28,32)(H,29,33)(H,30,34)(H,35,36,37)/t17-,20-,21-,24+/m0/s1. The molecular weight excluding hydrogens is 566 g/mol. The molecule has 0 saturated carbocycles. The predicted molar refractivity (Wildman–Crippen MR) is 147 cm³/mol. The van der Waals surface area contributed by atoms with Gasteiger partial charge in [-0.25, -0.2) is 4.79 Å². The Morgan fingerprint density at radius 1 is 1.23 bits per heavy atom. The number of amides is 3. The van der Waals surface area contributed by atoms with Crippen molar-refractivity contribution >= 4 is 45.6 Å². The summed E-state index contributed by atoms with van der Waals surface area (Å²) >= 11 is 6.08. The minimum Gasteiger partial charge on any atom is -0.449 e. The molecule has 2 rings (SSSR count). The molecule has 1 fully saturated rings. The Balaban J connectivity index is 2.20. The number of carbonyl (C=O) groups excluding carboxylic acids is 4. The lowest BCUT2D eigenvalue weighted by Crippen LogP contribution is -2.55. The average Bonchev–Trinajstić information content (AvgIpc) is 3.23. The van der Waals surface area contributed by atoms with E-state index in [0.717, 1.165) is 12.5 Å². The second-order valence-electron chi connectivity index (χ2n) is 10.9. The zero-order chi connectivity index (χ0) is 30.3. The molecular formula is C26H38ClN3O9S. The Morgan fingerprint density at radius 2 is 1.90 bits per heavy atom. The van der Waals surface area contributed by atoms with Crippen LogP contribution in [0.15, 0.2) is 24.3 Å². The third-order valence-corrected chi connectivity index (χ3v) is 7.67. The first-order chi connectivity index (χ1) is 18.5. The molecule has 40 heavy (non-hydrogen) atoms. The Bertz CT molecular complexity index is 1190. The van der Waals surface area contributed by atoms with E-state index >= 15 is 0 Å². The lowest BCUT2D eigenvalue weighted by atomic mass is 9.86. The fourth-order valence-electron chi connectivity index (χ4n) is 4.34. The Morgan fingerprint density at radius 3 is 2.42 bits per heavy atom. The molecule has 12 nitrogen and oxygen atoms in total. The molecule has 1 saturated heterocycles. The van der Waals surface area contributed by atoms with Gasteiger partial charge in [0.2, 0.25) is 17.3 Å². The van der Waals surface area contributed by atoms with Crippen molar-refractivity contribution in [1.82, 2.24) is 16.0 Å². The Hall–Kier alpha value is -2.90. The van der Waals surface area contributed by atoms with Crippen LogP contribution in [0, 0.1) is 11.8 Å². The van der Waals surface area contributed by atoms with E-state index in [1.807, 2.05) is 33.8 Å². The van der Waals surface area contributed by atoms with Gasteiger partial charge in [0.15, 0.2) is 0 Å². The van der Waals surface area contributed by atoms with Crippen LogP contribution in [0.4, 0.5) is 4.79 Å². The first-order valence-corrected chi connectivity index (χ1v) is 14.8. The number of benzene rings is 1. The van der Waals surface area contributed by atoms with Gasteiger partial charge >= 0.3 is 22.2 Å². The summed E-state index contributed by atoms with van der Waals surface area (Å²) in [6.45, 7) is 8.61. The van der Waals surface area contributed by atoms with Crippen LogP contribution in [0.5, 0.6) is 0 Å². The van der Waals surface area contributed by atoms with E-state index in [4.69, 9.17) is 21.1 Å². The third kappa shape index (κ3) is 10.3. The largest absolute Gasteiger partial charge is 0.449 e. The van der Waals surface area contributed by atoms with E-state index in [1.54, 1.807) is 18.2 Å². The van der Waals surface area contributed by atoms with Crippen molar-refractivity contribution in [2.24, 2.45) is 11.8 Å². The SMILES string of the molecule is CC(=O)O[C@@H]([C@H](C[C@@H]1CCNC1=O)NC(=O)[C@H](CC(C)C)NC(=O)OCC(C)(C)c1cccc(Cl)c1)S(=O)(=O)O. The van der Waals surface area contributed by atoms with E-state index in [9.17, 15) is 32.1 Å². The van der Waals surface area contributed by atoms with E-state index in [-0.39, 0.29) is 31.3 Å². The molecule has 224 valence electrons. The molecule has 0 spiro atoms. The number of hydrogen-bond acceptors (Lipinski definition) is 8. The van der Waals surface area contributed by atoms with Crippen molar-refractivity contribution in [2.75, 3.05) is 13.2 Å². The Labute approximate surface area is 239 Å². The molecule has 4 N–H and O–H groups in total. The number of nitrogens with one attached hydrogen (secondary N) is 3. The lowest BCUT2D eigenvalue weighted by Gasteiger charge is -2.29. The fraction of sp³-hybridized carbons (Fsp3) is 0.615. The molecule has 0 aromatic heterocycles. The van der Waals surface area contributed by atoms with Gasteiger partial charge in [-0.2, -0.15) is 8.42 Å². The number of carbonyl (C=O) groups is 4. The molecule has 1 heterocycles. The maximum absolute atomic E-state index is 13.3. The van der Waals surface area contributed by atoms with Gasteiger partial charge in [0, 0.05) is 29.8 Å². The zero-order valence-electron chi connectivity index (χ0n) is 23.2. The van der Waals surface area contributed by atoms with Crippen molar-refractivity contribution < 1.29 is 41.6 Å². The van der Waals surface area contributed by atoms with Crippen molar-refractivity contribution in [3.8, 4) is 0 Å². The molecule has 1 aromatic carbocycles. The van der Waals surface area contributed by atoms with Crippen LogP contribution >= 0.6 is 11.6 Å². The van der Waals surface area contributed by atoms with Crippen LogP contribution < -0.4 is 16.0 Å². The van der Waals surface area contributed by atoms with Gasteiger partial charge < -0.3 is 25.4 Å². The van der Waals surface area contributed by atoms with Crippen molar-refractivity contribution in [3.63, 3.8) is 0 Å². The zero-order valence-corrected chi connectivity index (χ0v) is 24.8. The van der Waals surface area contributed by atoms with Crippen molar-refractivity contribution in [1.29, 1.82) is 0 Å². The summed E-state index contributed by atoms with van der Waals surface area (Å²) in [7, 11) is -5.00. The maximum atomic E-state index is 13.3. The smallest absolute Gasteiger partial charge is 0.407 e. The second-order valence-corrected chi connectivity index (χ2v) is 12.8. The van der Waals surface area contributed by atoms with Gasteiger partial charge in [0.1, 0.15) is 12.6 Å². The predicted octanol–water partition coefficient (Wildman–Crippen LogP) is 2.55. The van der Waals surface area contributed by atoms with Crippen LogP contribution in [-0.2, 0) is 39.4 Å². The van der Waals surface area contributed by atoms with Gasteiger partial charge in [0.05, 0.1) is 6.04 Å². The number of esters is 1.